The SMILES string of the molecule is CCOCCOC(=O)C(C)n1cccc1/C=C1\C(=O)ON=C1c1ccc(OC)cc1. The average molecular weight is 412 g/mol. The van der Waals surface area contributed by atoms with Gasteiger partial charge in [0.2, 0.25) is 0 Å². The first-order valence-corrected chi connectivity index (χ1v) is 9.62. The summed E-state index contributed by atoms with van der Waals surface area (Å²) >= 11 is 0. The van der Waals surface area contributed by atoms with Gasteiger partial charge in [0, 0.05) is 24.1 Å². The molecule has 1 atom stereocenters. The van der Waals surface area contributed by atoms with Gasteiger partial charge in [-0.25, -0.2) is 9.59 Å². The molecule has 30 heavy (non-hydrogen) atoms. The predicted octanol–water partition coefficient (Wildman–Crippen LogP) is 2.98. The van der Waals surface area contributed by atoms with E-state index >= 15 is 0 Å². The summed E-state index contributed by atoms with van der Waals surface area (Å²) in [5, 5.41) is 3.92. The molecule has 0 spiro atoms. The van der Waals surface area contributed by atoms with E-state index < -0.39 is 12.0 Å². The van der Waals surface area contributed by atoms with E-state index in [4.69, 9.17) is 19.0 Å². The highest BCUT2D eigenvalue weighted by atomic mass is 16.7. The van der Waals surface area contributed by atoms with Gasteiger partial charge in [-0.05, 0) is 56.3 Å². The monoisotopic (exact) mass is 412 g/mol. The molecule has 0 bridgehead atoms. The maximum Gasteiger partial charge on any atom is 0.368 e. The zero-order valence-electron chi connectivity index (χ0n) is 17.2. The Morgan fingerprint density at radius 2 is 2.00 bits per heavy atom. The normalized spacial score (nSPS) is 15.6. The van der Waals surface area contributed by atoms with Gasteiger partial charge in [-0.1, -0.05) is 5.16 Å². The molecule has 0 amide bonds. The number of esters is 1. The van der Waals surface area contributed by atoms with Crippen molar-refractivity contribution >= 4 is 23.7 Å². The first-order valence-electron chi connectivity index (χ1n) is 9.62. The lowest BCUT2D eigenvalue weighted by Gasteiger charge is -2.15. The maximum atomic E-state index is 12.4. The summed E-state index contributed by atoms with van der Waals surface area (Å²) in [5.74, 6) is -0.246. The minimum absolute atomic E-state index is 0.190. The molecule has 0 saturated carbocycles. The van der Waals surface area contributed by atoms with Crippen LogP contribution >= 0.6 is 0 Å². The summed E-state index contributed by atoms with van der Waals surface area (Å²) in [7, 11) is 1.58. The van der Waals surface area contributed by atoms with Gasteiger partial charge in [0.15, 0.2) is 0 Å². The Morgan fingerprint density at radius 1 is 1.23 bits per heavy atom. The first kappa shape index (κ1) is 21.3. The van der Waals surface area contributed by atoms with Crippen LogP contribution in [0.4, 0.5) is 0 Å². The van der Waals surface area contributed by atoms with Crippen LogP contribution in [0.3, 0.4) is 0 Å². The number of ether oxygens (including phenoxy) is 3. The number of aromatic nitrogens is 1. The number of carbonyl (C=O) groups is 2. The number of rotatable bonds is 9. The Bertz CT molecular complexity index is 958. The number of oxime groups is 1. The third kappa shape index (κ3) is 4.77. The van der Waals surface area contributed by atoms with Gasteiger partial charge in [-0.3, -0.25) is 0 Å². The standard InChI is InChI=1S/C22H24N2O6/c1-4-28-12-13-29-21(25)15(2)24-11-5-6-17(24)14-19-20(23-30-22(19)26)16-7-9-18(27-3)10-8-16/h5-11,14-15H,4,12-13H2,1-3H3/b19-14-. The van der Waals surface area contributed by atoms with Crippen molar-refractivity contribution in [2.24, 2.45) is 5.16 Å². The summed E-state index contributed by atoms with van der Waals surface area (Å²) in [6, 6.07) is 10.2. The number of hydrogen-bond donors (Lipinski definition) is 0. The summed E-state index contributed by atoms with van der Waals surface area (Å²) in [6.07, 6.45) is 3.41. The van der Waals surface area contributed by atoms with E-state index in [1.54, 1.807) is 67.3 Å². The Kier molecular flexibility index (Phi) is 7.03. The van der Waals surface area contributed by atoms with Crippen LogP contribution in [0.1, 0.15) is 31.1 Å². The smallest absolute Gasteiger partial charge is 0.368 e. The number of benzene rings is 1. The molecule has 0 radical (unpaired) electrons. The van der Waals surface area contributed by atoms with Gasteiger partial charge < -0.3 is 23.6 Å². The van der Waals surface area contributed by atoms with Gasteiger partial charge in [0.1, 0.15) is 24.1 Å². The molecule has 1 aliphatic heterocycles. The third-order valence-corrected chi connectivity index (χ3v) is 4.60. The zero-order chi connectivity index (χ0) is 21.5. The van der Waals surface area contributed by atoms with Crippen LogP contribution in [0, 0.1) is 0 Å². The lowest BCUT2D eigenvalue weighted by Crippen LogP contribution is -2.21. The van der Waals surface area contributed by atoms with Gasteiger partial charge >= 0.3 is 11.9 Å². The fourth-order valence-corrected chi connectivity index (χ4v) is 2.98. The van der Waals surface area contributed by atoms with E-state index in [9.17, 15) is 9.59 Å². The van der Waals surface area contributed by atoms with E-state index in [0.717, 1.165) is 5.56 Å². The van der Waals surface area contributed by atoms with Crippen LogP contribution in [0.15, 0.2) is 53.3 Å². The fourth-order valence-electron chi connectivity index (χ4n) is 2.98. The van der Waals surface area contributed by atoms with Crippen molar-refractivity contribution in [3.05, 3.63) is 59.4 Å². The van der Waals surface area contributed by atoms with E-state index in [1.165, 1.54) is 0 Å². The van der Waals surface area contributed by atoms with Gasteiger partial charge in [-0.2, -0.15) is 0 Å². The molecule has 1 aliphatic rings. The van der Waals surface area contributed by atoms with E-state index in [1.807, 2.05) is 6.92 Å². The molecule has 2 heterocycles. The predicted molar refractivity (Wildman–Crippen MR) is 110 cm³/mol. The number of hydrogen-bond acceptors (Lipinski definition) is 7. The summed E-state index contributed by atoms with van der Waals surface area (Å²) in [4.78, 5) is 29.5. The van der Waals surface area contributed by atoms with Gasteiger partial charge in [-0.15, -0.1) is 0 Å². The number of carbonyl (C=O) groups excluding carboxylic acids is 2. The zero-order valence-corrected chi connectivity index (χ0v) is 17.2. The van der Waals surface area contributed by atoms with Crippen molar-refractivity contribution < 1.29 is 28.6 Å². The second-order valence-electron chi connectivity index (χ2n) is 6.49. The molecule has 8 nitrogen and oxygen atoms in total. The number of methoxy groups -OCH3 is 1. The summed E-state index contributed by atoms with van der Waals surface area (Å²) < 4.78 is 17.3. The maximum absolute atomic E-state index is 12.4. The van der Waals surface area contributed by atoms with Crippen molar-refractivity contribution in [3.63, 3.8) is 0 Å². The highest BCUT2D eigenvalue weighted by Gasteiger charge is 2.28. The lowest BCUT2D eigenvalue weighted by molar-refractivity contribution is -0.148. The molecule has 0 N–H and O–H groups in total. The Labute approximate surface area is 174 Å². The summed E-state index contributed by atoms with van der Waals surface area (Å²) in [6.45, 7) is 4.72. The third-order valence-electron chi connectivity index (χ3n) is 4.60. The van der Waals surface area contributed by atoms with E-state index in [2.05, 4.69) is 5.16 Å². The molecular weight excluding hydrogens is 388 g/mol. The highest BCUT2D eigenvalue weighted by Crippen LogP contribution is 2.24. The van der Waals surface area contributed by atoms with E-state index in [-0.39, 0.29) is 12.6 Å². The first-order chi connectivity index (χ1) is 14.5. The van der Waals surface area contributed by atoms with Crippen molar-refractivity contribution in [1.29, 1.82) is 0 Å². The molecule has 0 saturated heterocycles. The number of nitrogens with zero attached hydrogens (tertiary/aromatic N) is 2. The van der Waals surface area contributed by atoms with Crippen LogP contribution < -0.4 is 4.74 Å². The molecule has 1 aromatic carbocycles. The van der Waals surface area contributed by atoms with E-state index in [0.29, 0.717) is 35.9 Å². The van der Waals surface area contributed by atoms with Crippen molar-refractivity contribution in [1.82, 2.24) is 4.57 Å². The Balaban J connectivity index is 1.80. The average Bonchev–Trinajstić information content (AvgIpc) is 3.38. The minimum Gasteiger partial charge on any atom is -0.497 e. The van der Waals surface area contributed by atoms with Crippen LogP contribution in [0.25, 0.3) is 6.08 Å². The largest absolute Gasteiger partial charge is 0.497 e. The van der Waals surface area contributed by atoms with Crippen LogP contribution in [-0.2, 0) is 23.9 Å². The van der Waals surface area contributed by atoms with Crippen molar-refractivity contribution in [3.8, 4) is 5.75 Å². The second-order valence-corrected chi connectivity index (χ2v) is 6.49. The second kappa shape index (κ2) is 9.89. The highest BCUT2D eigenvalue weighted by molar-refractivity contribution is 6.31. The van der Waals surface area contributed by atoms with Crippen LogP contribution in [0.5, 0.6) is 5.75 Å². The molecule has 1 unspecified atom stereocenters. The van der Waals surface area contributed by atoms with Crippen LogP contribution in [0.2, 0.25) is 0 Å². The Hall–Kier alpha value is -3.39. The minimum atomic E-state index is -0.577. The molecule has 0 aliphatic carbocycles. The molecule has 158 valence electrons. The summed E-state index contributed by atoms with van der Waals surface area (Å²) in [5.41, 5.74) is 2.09. The quantitative estimate of drug-likeness (QED) is 0.272. The van der Waals surface area contributed by atoms with Crippen LogP contribution in [-0.4, -0.2) is 49.1 Å². The molecule has 1 aromatic heterocycles. The topological polar surface area (TPSA) is 88.4 Å². The van der Waals surface area contributed by atoms with Crippen molar-refractivity contribution in [2.75, 3.05) is 26.9 Å². The lowest BCUT2D eigenvalue weighted by atomic mass is 10.0. The van der Waals surface area contributed by atoms with Gasteiger partial charge in [0.05, 0.1) is 19.3 Å². The fraction of sp³-hybridized carbons (Fsp3) is 0.318. The molecule has 2 aromatic rings. The molecular formula is C22H24N2O6. The molecule has 3 rings (SSSR count). The molecule has 0 fully saturated rings. The Morgan fingerprint density at radius 3 is 2.70 bits per heavy atom. The molecule has 8 heteroatoms. The van der Waals surface area contributed by atoms with Gasteiger partial charge in [0.25, 0.3) is 0 Å². The van der Waals surface area contributed by atoms with Crippen molar-refractivity contribution in [2.45, 2.75) is 19.9 Å².